The normalized spacial score (nSPS) is 16.3. The molecule has 3 N–H and O–H groups in total. The van der Waals surface area contributed by atoms with E-state index in [0.717, 1.165) is 4.47 Å². The second-order valence-electron chi connectivity index (χ2n) is 5.18. The molecule has 0 spiro atoms. The van der Waals surface area contributed by atoms with Crippen LogP contribution in [0.3, 0.4) is 0 Å². The molecule has 6 nitrogen and oxygen atoms in total. The summed E-state index contributed by atoms with van der Waals surface area (Å²) in [4.78, 5) is 26.2. The lowest BCUT2D eigenvalue weighted by atomic mass is 10.1. The van der Waals surface area contributed by atoms with Crippen LogP contribution >= 0.6 is 28.1 Å². The van der Waals surface area contributed by atoms with Crippen molar-refractivity contribution in [3.8, 4) is 11.5 Å². The molecular formula is C17H11BrN2O4S. The minimum absolute atomic E-state index is 0.0111. The third-order valence-corrected chi connectivity index (χ3v) is 4.31. The van der Waals surface area contributed by atoms with Crippen molar-refractivity contribution in [1.82, 2.24) is 5.32 Å². The number of thiocarbonyl (C=S) groups is 1. The van der Waals surface area contributed by atoms with E-state index >= 15 is 0 Å². The number of carbonyl (C=O) groups excluding carboxylic acids is 2. The molecule has 2 aromatic rings. The molecule has 0 aliphatic carbocycles. The van der Waals surface area contributed by atoms with Crippen LogP contribution < -0.4 is 10.2 Å². The summed E-state index contributed by atoms with van der Waals surface area (Å²) in [6.07, 6.45) is 1.32. The molecule has 1 heterocycles. The molecule has 0 aromatic heterocycles. The van der Waals surface area contributed by atoms with Gasteiger partial charge in [0.1, 0.15) is 5.57 Å². The van der Waals surface area contributed by atoms with Crippen molar-refractivity contribution in [3.05, 3.63) is 58.1 Å². The van der Waals surface area contributed by atoms with Crippen LogP contribution in [0.4, 0.5) is 5.69 Å². The first-order valence-electron chi connectivity index (χ1n) is 7.06. The maximum absolute atomic E-state index is 12.8. The third kappa shape index (κ3) is 3.40. The smallest absolute Gasteiger partial charge is 0.270 e. The molecule has 3 rings (SSSR count). The zero-order valence-corrected chi connectivity index (χ0v) is 15.0. The van der Waals surface area contributed by atoms with Gasteiger partial charge < -0.3 is 10.2 Å². The van der Waals surface area contributed by atoms with E-state index < -0.39 is 11.8 Å². The standard InChI is InChI=1S/C17H11BrN2O4S/c18-10-2-4-11(5-3-10)20-16(24)12(15(23)19-17(20)25)7-9-1-6-13(21)14(22)8-9/h1-8,21-22H,(H,19,23,25). The average Bonchev–Trinajstić information content (AvgIpc) is 2.56. The Morgan fingerprint density at radius 2 is 1.72 bits per heavy atom. The maximum Gasteiger partial charge on any atom is 0.270 e. The number of rotatable bonds is 2. The Labute approximate surface area is 156 Å². The number of amides is 2. The van der Waals surface area contributed by atoms with Crippen molar-refractivity contribution in [1.29, 1.82) is 0 Å². The van der Waals surface area contributed by atoms with Crippen LogP contribution in [-0.4, -0.2) is 27.1 Å². The quantitative estimate of drug-likeness (QED) is 0.302. The van der Waals surface area contributed by atoms with Crippen LogP contribution in [0.15, 0.2) is 52.5 Å². The van der Waals surface area contributed by atoms with Gasteiger partial charge in [-0.25, -0.2) is 0 Å². The van der Waals surface area contributed by atoms with Gasteiger partial charge in [0.05, 0.1) is 5.69 Å². The van der Waals surface area contributed by atoms with E-state index in [0.29, 0.717) is 11.3 Å². The molecule has 0 radical (unpaired) electrons. The summed E-state index contributed by atoms with van der Waals surface area (Å²) in [6, 6.07) is 10.9. The minimum atomic E-state index is -0.629. The number of nitrogens with one attached hydrogen (secondary N) is 1. The fraction of sp³-hybridized carbons (Fsp3) is 0. The van der Waals surface area contributed by atoms with Gasteiger partial charge in [-0.1, -0.05) is 22.0 Å². The average molecular weight is 419 g/mol. The van der Waals surface area contributed by atoms with Gasteiger partial charge in [-0.3, -0.25) is 19.8 Å². The molecule has 1 fully saturated rings. The fourth-order valence-electron chi connectivity index (χ4n) is 2.28. The second-order valence-corrected chi connectivity index (χ2v) is 6.48. The van der Waals surface area contributed by atoms with E-state index in [2.05, 4.69) is 21.2 Å². The molecule has 1 aliphatic heterocycles. The molecule has 0 saturated carbocycles. The van der Waals surface area contributed by atoms with Gasteiger partial charge in [-0.05, 0) is 60.3 Å². The lowest BCUT2D eigenvalue weighted by Crippen LogP contribution is -2.54. The highest BCUT2D eigenvalue weighted by molar-refractivity contribution is 9.10. The fourth-order valence-corrected chi connectivity index (χ4v) is 2.82. The van der Waals surface area contributed by atoms with E-state index in [4.69, 9.17) is 12.2 Å². The van der Waals surface area contributed by atoms with E-state index in [9.17, 15) is 19.8 Å². The predicted octanol–water partition coefficient (Wildman–Crippen LogP) is 2.69. The molecule has 2 aromatic carbocycles. The molecule has 0 atom stereocenters. The maximum atomic E-state index is 12.8. The Bertz CT molecular complexity index is 925. The summed E-state index contributed by atoms with van der Waals surface area (Å²) in [6.45, 7) is 0. The highest BCUT2D eigenvalue weighted by Crippen LogP contribution is 2.27. The van der Waals surface area contributed by atoms with Crippen LogP contribution in [0.1, 0.15) is 5.56 Å². The third-order valence-electron chi connectivity index (χ3n) is 3.50. The van der Waals surface area contributed by atoms with Gasteiger partial charge in [0.2, 0.25) is 0 Å². The molecular weight excluding hydrogens is 408 g/mol. The van der Waals surface area contributed by atoms with E-state index in [-0.39, 0.29) is 22.2 Å². The number of aromatic hydroxyl groups is 2. The SMILES string of the molecule is O=C1NC(=S)N(c2ccc(Br)cc2)C(=O)C1=Cc1ccc(O)c(O)c1. The molecule has 2 amide bonds. The zero-order valence-electron chi connectivity index (χ0n) is 12.6. The summed E-state index contributed by atoms with van der Waals surface area (Å²) >= 11 is 8.43. The second kappa shape index (κ2) is 6.66. The van der Waals surface area contributed by atoms with E-state index in [1.807, 2.05) is 0 Å². The topological polar surface area (TPSA) is 89.9 Å². The van der Waals surface area contributed by atoms with Gasteiger partial charge in [0.25, 0.3) is 11.8 Å². The number of nitrogens with zero attached hydrogens (tertiary/aromatic N) is 1. The van der Waals surface area contributed by atoms with Crippen molar-refractivity contribution in [2.24, 2.45) is 0 Å². The lowest BCUT2D eigenvalue weighted by Gasteiger charge is -2.29. The highest BCUT2D eigenvalue weighted by Gasteiger charge is 2.34. The number of hydrogen-bond acceptors (Lipinski definition) is 5. The molecule has 8 heteroatoms. The van der Waals surface area contributed by atoms with Gasteiger partial charge in [-0.15, -0.1) is 0 Å². The number of hydrogen-bond donors (Lipinski definition) is 3. The highest BCUT2D eigenvalue weighted by atomic mass is 79.9. The van der Waals surface area contributed by atoms with Crippen molar-refractivity contribution < 1.29 is 19.8 Å². The Balaban J connectivity index is 2.01. The van der Waals surface area contributed by atoms with Crippen LogP contribution in [0, 0.1) is 0 Å². The van der Waals surface area contributed by atoms with E-state index in [1.165, 1.54) is 29.2 Å². The molecule has 25 heavy (non-hydrogen) atoms. The minimum Gasteiger partial charge on any atom is -0.504 e. The first-order chi connectivity index (χ1) is 11.9. The number of anilines is 1. The van der Waals surface area contributed by atoms with E-state index in [1.54, 1.807) is 24.3 Å². The number of carbonyl (C=O) groups is 2. The van der Waals surface area contributed by atoms with Crippen molar-refractivity contribution >= 4 is 56.8 Å². The van der Waals surface area contributed by atoms with Crippen LogP contribution in [-0.2, 0) is 9.59 Å². The molecule has 126 valence electrons. The Morgan fingerprint density at radius 3 is 2.36 bits per heavy atom. The number of benzene rings is 2. The van der Waals surface area contributed by atoms with Crippen molar-refractivity contribution in [3.63, 3.8) is 0 Å². The molecule has 0 unspecified atom stereocenters. The first-order valence-corrected chi connectivity index (χ1v) is 8.26. The van der Waals surface area contributed by atoms with Gasteiger partial charge in [0.15, 0.2) is 16.6 Å². The number of halogens is 1. The van der Waals surface area contributed by atoms with Crippen molar-refractivity contribution in [2.75, 3.05) is 4.90 Å². The Morgan fingerprint density at radius 1 is 1.04 bits per heavy atom. The van der Waals surface area contributed by atoms with Crippen LogP contribution in [0.2, 0.25) is 0 Å². The summed E-state index contributed by atoms with van der Waals surface area (Å²) in [5.41, 5.74) is 0.761. The largest absolute Gasteiger partial charge is 0.504 e. The predicted molar refractivity (Wildman–Crippen MR) is 100 cm³/mol. The van der Waals surface area contributed by atoms with Crippen molar-refractivity contribution in [2.45, 2.75) is 0 Å². The lowest BCUT2D eigenvalue weighted by molar-refractivity contribution is -0.122. The first kappa shape index (κ1) is 17.1. The number of phenols is 2. The van der Waals surface area contributed by atoms with Crippen LogP contribution in [0.5, 0.6) is 11.5 Å². The zero-order chi connectivity index (χ0) is 18.1. The Kier molecular flexibility index (Phi) is 4.56. The summed E-state index contributed by atoms with van der Waals surface area (Å²) in [7, 11) is 0. The summed E-state index contributed by atoms with van der Waals surface area (Å²) in [5, 5.41) is 21.4. The molecule has 1 saturated heterocycles. The van der Waals surface area contributed by atoms with Gasteiger partial charge >= 0.3 is 0 Å². The van der Waals surface area contributed by atoms with Gasteiger partial charge in [-0.2, -0.15) is 0 Å². The number of phenolic OH excluding ortho intramolecular Hbond substituents is 2. The summed E-state index contributed by atoms with van der Waals surface area (Å²) in [5.74, 6) is -1.85. The Hall–Kier alpha value is -2.71. The van der Waals surface area contributed by atoms with Gasteiger partial charge in [0, 0.05) is 4.47 Å². The molecule has 1 aliphatic rings. The molecule has 0 bridgehead atoms. The van der Waals surface area contributed by atoms with Crippen LogP contribution in [0.25, 0.3) is 6.08 Å². The summed E-state index contributed by atoms with van der Waals surface area (Å²) < 4.78 is 0.839. The monoisotopic (exact) mass is 418 g/mol.